The number of fused-ring (bicyclic) bond motifs is 2. The molecule has 0 unspecified atom stereocenters. The van der Waals surface area contributed by atoms with Crippen molar-refractivity contribution in [1.82, 2.24) is 19.6 Å². The summed E-state index contributed by atoms with van der Waals surface area (Å²) in [5.74, 6) is 1.28. The molecule has 3 heterocycles. The number of anilines is 3. The van der Waals surface area contributed by atoms with Crippen LogP contribution < -0.4 is 36.0 Å². The average molecular weight is 691 g/mol. The largest absolute Gasteiger partial charge is 0.497 e. The summed E-state index contributed by atoms with van der Waals surface area (Å²) in [5.41, 5.74) is 3.12. The zero-order chi connectivity index (χ0) is 35.4. The predicted octanol–water partition coefficient (Wildman–Crippen LogP) is 2.69. The van der Waals surface area contributed by atoms with Crippen LogP contribution in [0.25, 0.3) is 43.5 Å². The molecule has 0 amide bonds. The predicted molar refractivity (Wildman–Crippen MR) is 188 cm³/mol. The quantitative estimate of drug-likeness (QED) is 0.0842. The van der Waals surface area contributed by atoms with Crippen LogP contribution in [0.15, 0.2) is 56.5 Å². The molecule has 3 aromatic carbocycles. The maximum Gasteiger partial charge on any atom is 0.280 e. The van der Waals surface area contributed by atoms with E-state index in [1.54, 1.807) is 40.0 Å². The fourth-order valence-corrected chi connectivity index (χ4v) is 5.84. The molecular formula is C33H38N8O9. The van der Waals surface area contributed by atoms with E-state index in [0.717, 1.165) is 15.4 Å². The van der Waals surface area contributed by atoms with E-state index in [-0.39, 0.29) is 58.2 Å². The number of hydrogen-bond donors (Lipinski definition) is 1. The summed E-state index contributed by atoms with van der Waals surface area (Å²) in [6.07, 6.45) is 0. The van der Waals surface area contributed by atoms with Crippen molar-refractivity contribution in [3.05, 3.63) is 63.2 Å². The first-order valence-corrected chi connectivity index (χ1v) is 15.4. The van der Waals surface area contributed by atoms with Crippen molar-refractivity contribution in [1.29, 1.82) is 0 Å². The van der Waals surface area contributed by atoms with Crippen molar-refractivity contribution < 1.29 is 32.8 Å². The van der Waals surface area contributed by atoms with Crippen LogP contribution in [0.3, 0.4) is 0 Å². The Balaban J connectivity index is 1.43. The maximum atomic E-state index is 14.0. The van der Waals surface area contributed by atoms with Crippen molar-refractivity contribution in [3.63, 3.8) is 0 Å². The van der Waals surface area contributed by atoms with Gasteiger partial charge in [0, 0.05) is 51.7 Å². The lowest BCUT2D eigenvalue weighted by Gasteiger charge is -2.28. The highest BCUT2D eigenvalue weighted by Gasteiger charge is 2.23. The molecule has 0 saturated heterocycles. The van der Waals surface area contributed by atoms with Crippen LogP contribution in [-0.4, -0.2) is 103 Å². The number of pyridine rings is 1. The van der Waals surface area contributed by atoms with Gasteiger partial charge in [-0.25, -0.2) is 0 Å². The van der Waals surface area contributed by atoms with Crippen LogP contribution in [-0.2, 0) is 23.7 Å². The third kappa shape index (κ3) is 6.39. The second kappa shape index (κ2) is 15.1. The van der Waals surface area contributed by atoms with Crippen molar-refractivity contribution in [3.8, 4) is 5.75 Å². The number of nitrogens with one attached hydrogen (secondary N) is 1. The lowest BCUT2D eigenvalue weighted by molar-refractivity contribution is 0.136. The van der Waals surface area contributed by atoms with E-state index >= 15 is 0 Å². The van der Waals surface area contributed by atoms with Gasteiger partial charge in [0.15, 0.2) is 0 Å². The highest BCUT2D eigenvalue weighted by Crippen LogP contribution is 2.37. The maximum absolute atomic E-state index is 14.0. The number of ether oxygens (including phenoxy) is 6. The Bertz CT molecular complexity index is 2150. The third-order valence-corrected chi connectivity index (χ3v) is 7.98. The Hall–Kier alpha value is -5.33. The molecule has 0 aliphatic heterocycles. The number of methoxy groups -OCH3 is 6. The normalized spacial score (nSPS) is 11.6. The van der Waals surface area contributed by atoms with Gasteiger partial charge in [-0.1, -0.05) is 6.07 Å². The summed E-state index contributed by atoms with van der Waals surface area (Å²) in [7, 11) is 9.25. The Morgan fingerprint density at radius 2 is 1.08 bits per heavy atom. The van der Waals surface area contributed by atoms with E-state index in [1.165, 1.54) is 35.5 Å². The molecule has 0 radical (unpaired) electrons. The molecule has 17 nitrogen and oxygen atoms in total. The number of aromatic nitrogens is 4. The fourth-order valence-electron chi connectivity index (χ4n) is 5.84. The second-order valence-corrected chi connectivity index (χ2v) is 11.2. The minimum atomic E-state index is -0.533. The number of hydrogen-bond acceptors (Lipinski definition) is 16. The number of benzene rings is 3. The van der Waals surface area contributed by atoms with Crippen LogP contribution in [0.4, 0.5) is 17.8 Å². The first-order chi connectivity index (χ1) is 24.4. The van der Waals surface area contributed by atoms with Gasteiger partial charge in [0.2, 0.25) is 17.8 Å². The monoisotopic (exact) mass is 690 g/mol. The highest BCUT2D eigenvalue weighted by atomic mass is 16.5. The van der Waals surface area contributed by atoms with E-state index in [9.17, 15) is 9.59 Å². The van der Waals surface area contributed by atoms with Gasteiger partial charge in [0.25, 0.3) is 11.1 Å². The minimum Gasteiger partial charge on any atom is -0.497 e. The molecule has 50 heavy (non-hydrogen) atoms. The highest BCUT2D eigenvalue weighted by molar-refractivity contribution is 6.26. The van der Waals surface area contributed by atoms with Gasteiger partial charge in [-0.3, -0.25) is 24.3 Å². The Morgan fingerprint density at radius 3 is 1.62 bits per heavy atom. The zero-order valence-corrected chi connectivity index (χ0v) is 28.6. The van der Waals surface area contributed by atoms with Gasteiger partial charge in [-0.05, 0) is 41.8 Å². The second-order valence-electron chi connectivity index (χ2n) is 11.2. The molecule has 0 saturated carbocycles. The van der Waals surface area contributed by atoms with Crippen molar-refractivity contribution in [2.75, 3.05) is 103 Å². The van der Waals surface area contributed by atoms with Crippen LogP contribution in [0.1, 0.15) is 0 Å². The van der Waals surface area contributed by atoms with E-state index in [4.69, 9.17) is 32.8 Å². The summed E-state index contributed by atoms with van der Waals surface area (Å²) in [5, 5.41) is 3.53. The molecule has 0 aliphatic rings. The lowest BCUT2D eigenvalue weighted by Crippen LogP contribution is -2.45. The summed E-state index contributed by atoms with van der Waals surface area (Å²) in [4.78, 5) is 46.8. The average Bonchev–Trinajstić information content (AvgIpc) is 3.13. The molecular weight excluding hydrogens is 652 g/mol. The zero-order valence-electron chi connectivity index (χ0n) is 28.6. The Kier molecular flexibility index (Phi) is 10.4. The smallest absolute Gasteiger partial charge is 0.280 e. The molecule has 0 aliphatic carbocycles. The van der Waals surface area contributed by atoms with Crippen molar-refractivity contribution in [2.24, 2.45) is 0 Å². The topological polar surface area (TPSA) is 168 Å². The number of rotatable bonds is 17. The molecule has 17 heteroatoms. The molecule has 3 aromatic heterocycles. The van der Waals surface area contributed by atoms with Crippen LogP contribution in [0.2, 0.25) is 0 Å². The van der Waals surface area contributed by atoms with Gasteiger partial charge >= 0.3 is 0 Å². The van der Waals surface area contributed by atoms with Crippen LogP contribution in [0.5, 0.6) is 5.75 Å². The third-order valence-electron chi connectivity index (χ3n) is 7.98. The molecule has 0 fully saturated rings. The fraction of sp³-hybridized carbons (Fsp3) is 0.364. The first kappa shape index (κ1) is 34.5. The van der Waals surface area contributed by atoms with E-state index in [2.05, 4.69) is 20.4 Å². The molecule has 264 valence electrons. The lowest BCUT2D eigenvalue weighted by atomic mass is 9.96. The Morgan fingerprint density at radius 1 is 0.600 bits per heavy atom. The van der Waals surface area contributed by atoms with E-state index < -0.39 is 11.1 Å². The van der Waals surface area contributed by atoms with Gasteiger partial charge in [0.1, 0.15) is 57.2 Å². The Labute approximate surface area is 285 Å². The van der Waals surface area contributed by atoms with E-state index in [0.29, 0.717) is 38.5 Å². The first-order valence-electron chi connectivity index (χ1n) is 15.4. The standard InChI is InChI=1S/C33H38N8O9/c1-44-15-38(31-35-32(39(16-45-2)17-46-3)37-33(36-31)40(18-47-4)19-48-5)14-34-41-29(42)22-9-8-21-24-13-20(49-6)7-11-25(24)50-26-12-10-23(30(41)43)27(22)28(21)26/h7-13,34H,14-19H2,1-6H3. The van der Waals surface area contributed by atoms with Crippen LogP contribution >= 0.6 is 0 Å². The molecule has 1 N–H and O–H groups in total. The molecule has 6 rings (SSSR count). The molecule has 0 atom stereocenters. The minimum absolute atomic E-state index is 0.0195. The van der Waals surface area contributed by atoms with Crippen LogP contribution in [0, 0.1) is 0 Å². The van der Waals surface area contributed by atoms with Gasteiger partial charge in [-0.2, -0.15) is 19.6 Å². The summed E-state index contributed by atoms with van der Waals surface area (Å²) in [6, 6.07) is 12.5. The number of nitrogens with zero attached hydrogens (tertiary/aromatic N) is 7. The van der Waals surface area contributed by atoms with E-state index in [1.807, 2.05) is 24.3 Å². The molecule has 6 aromatic rings. The molecule has 0 spiro atoms. The van der Waals surface area contributed by atoms with Gasteiger partial charge in [0.05, 0.1) is 17.9 Å². The van der Waals surface area contributed by atoms with Crippen molar-refractivity contribution in [2.45, 2.75) is 0 Å². The van der Waals surface area contributed by atoms with Gasteiger partial charge < -0.3 is 38.3 Å². The molecule has 0 bridgehead atoms. The van der Waals surface area contributed by atoms with Gasteiger partial charge in [-0.15, -0.1) is 0 Å². The SMILES string of the molecule is COCN(CNn1c(=O)c2ccc3oc4ccc(OC)cc4c4ccc(c1=O)c2c34)c1nc(N(COC)COC)nc(N(COC)COC)n1. The summed E-state index contributed by atoms with van der Waals surface area (Å²) >= 11 is 0. The summed E-state index contributed by atoms with van der Waals surface area (Å²) in [6.45, 7) is 0.329. The summed E-state index contributed by atoms with van der Waals surface area (Å²) < 4.78 is 39.5. The van der Waals surface area contributed by atoms with Crippen molar-refractivity contribution >= 4 is 61.3 Å².